The molecule has 1 rings (SSSR count). The third kappa shape index (κ3) is 4.21. The zero-order valence-electron chi connectivity index (χ0n) is 10.1. The first-order valence-corrected chi connectivity index (χ1v) is 5.72. The molecule has 0 spiro atoms. The van der Waals surface area contributed by atoms with Crippen LogP contribution in [0.1, 0.15) is 19.8 Å². The van der Waals surface area contributed by atoms with Crippen LogP contribution in [0.3, 0.4) is 0 Å². The SMILES string of the molecule is CC#CC(=O)N(CCOC)CC1CCCN1. The lowest BCUT2D eigenvalue weighted by Crippen LogP contribution is -2.42. The Morgan fingerprint density at radius 1 is 1.62 bits per heavy atom. The van der Waals surface area contributed by atoms with Crippen LogP contribution in [0.4, 0.5) is 0 Å². The molecular formula is C12H20N2O2. The highest BCUT2D eigenvalue weighted by Gasteiger charge is 2.20. The highest BCUT2D eigenvalue weighted by atomic mass is 16.5. The van der Waals surface area contributed by atoms with Gasteiger partial charge in [-0.2, -0.15) is 0 Å². The normalized spacial score (nSPS) is 19.0. The highest BCUT2D eigenvalue weighted by molar-refractivity contribution is 5.93. The molecule has 0 aliphatic carbocycles. The molecule has 1 aliphatic rings. The molecule has 1 amide bonds. The monoisotopic (exact) mass is 224 g/mol. The predicted molar refractivity (Wildman–Crippen MR) is 62.9 cm³/mol. The van der Waals surface area contributed by atoms with Gasteiger partial charge in [0.05, 0.1) is 6.61 Å². The zero-order valence-corrected chi connectivity index (χ0v) is 10.1. The van der Waals surface area contributed by atoms with Gasteiger partial charge in [-0.25, -0.2) is 0 Å². The molecule has 0 saturated carbocycles. The summed E-state index contributed by atoms with van der Waals surface area (Å²) < 4.78 is 5.00. The van der Waals surface area contributed by atoms with Crippen molar-refractivity contribution in [2.45, 2.75) is 25.8 Å². The van der Waals surface area contributed by atoms with Crippen molar-refractivity contribution in [3.63, 3.8) is 0 Å². The average molecular weight is 224 g/mol. The first kappa shape index (κ1) is 13.0. The Morgan fingerprint density at radius 2 is 2.44 bits per heavy atom. The van der Waals surface area contributed by atoms with Gasteiger partial charge >= 0.3 is 0 Å². The van der Waals surface area contributed by atoms with Crippen molar-refractivity contribution >= 4 is 5.91 Å². The van der Waals surface area contributed by atoms with E-state index in [0.29, 0.717) is 19.2 Å². The van der Waals surface area contributed by atoms with Crippen LogP contribution in [0, 0.1) is 11.8 Å². The summed E-state index contributed by atoms with van der Waals surface area (Å²) >= 11 is 0. The van der Waals surface area contributed by atoms with Crippen LogP contribution in [-0.4, -0.2) is 50.2 Å². The Bertz CT molecular complexity index is 274. The molecule has 0 bridgehead atoms. The van der Waals surface area contributed by atoms with Gasteiger partial charge in [0.2, 0.25) is 0 Å². The van der Waals surface area contributed by atoms with Crippen LogP contribution in [0.25, 0.3) is 0 Å². The number of rotatable bonds is 5. The molecule has 1 unspecified atom stereocenters. The molecule has 4 heteroatoms. The Morgan fingerprint density at radius 3 is 3.00 bits per heavy atom. The van der Waals surface area contributed by atoms with Crippen molar-refractivity contribution in [2.75, 3.05) is 33.4 Å². The second kappa shape index (κ2) is 7.26. The van der Waals surface area contributed by atoms with Crippen LogP contribution in [0.5, 0.6) is 0 Å². The van der Waals surface area contributed by atoms with E-state index in [4.69, 9.17) is 4.74 Å². The number of ether oxygens (including phenoxy) is 1. The quantitative estimate of drug-likeness (QED) is 0.680. The van der Waals surface area contributed by atoms with Crippen LogP contribution in [-0.2, 0) is 9.53 Å². The molecule has 0 aromatic rings. The van der Waals surface area contributed by atoms with Gasteiger partial charge < -0.3 is 15.0 Å². The Kier molecular flexibility index (Phi) is 5.91. The molecule has 0 aromatic carbocycles. The molecule has 4 nitrogen and oxygen atoms in total. The van der Waals surface area contributed by atoms with Gasteiger partial charge in [0.15, 0.2) is 0 Å². The lowest BCUT2D eigenvalue weighted by atomic mass is 10.2. The van der Waals surface area contributed by atoms with Crippen LogP contribution >= 0.6 is 0 Å². The summed E-state index contributed by atoms with van der Waals surface area (Å²) in [5.74, 6) is 5.13. The fourth-order valence-corrected chi connectivity index (χ4v) is 1.84. The fourth-order valence-electron chi connectivity index (χ4n) is 1.84. The minimum absolute atomic E-state index is 0.103. The summed E-state index contributed by atoms with van der Waals surface area (Å²) in [6.45, 7) is 4.64. The number of nitrogens with one attached hydrogen (secondary N) is 1. The van der Waals surface area contributed by atoms with Crippen molar-refractivity contribution in [3.8, 4) is 11.8 Å². The smallest absolute Gasteiger partial charge is 0.298 e. The van der Waals surface area contributed by atoms with Gasteiger partial charge in [0, 0.05) is 26.2 Å². The fraction of sp³-hybridized carbons (Fsp3) is 0.750. The van der Waals surface area contributed by atoms with Crippen molar-refractivity contribution in [2.24, 2.45) is 0 Å². The Labute approximate surface area is 97.3 Å². The van der Waals surface area contributed by atoms with E-state index in [1.54, 1.807) is 18.9 Å². The molecule has 0 aromatic heterocycles. The van der Waals surface area contributed by atoms with Crippen molar-refractivity contribution in [3.05, 3.63) is 0 Å². The third-order valence-corrected chi connectivity index (χ3v) is 2.69. The van der Waals surface area contributed by atoms with Crippen LogP contribution < -0.4 is 5.32 Å². The molecule has 0 radical (unpaired) electrons. The average Bonchev–Trinajstić information content (AvgIpc) is 2.77. The summed E-state index contributed by atoms with van der Waals surface area (Å²) in [6.07, 6.45) is 2.33. The standard InChI is InChI=1S/C12H20N2O2/c1-3-5-12(15)14(8-9-16-2)10-11-6-4-7-13-11/h11,13H,4,6-10H2,1-2H3. The van der Waals surface area contributed by atoms with E-state index in [-0.39, 0.29) is 5.91 Å². The lowest BCUT2D eigenvalue weighted by molar-refractivity contribution is -0.126. The summed E-state index contributed by atoms with van der Waals surface area (Å²) in [7, 11) is 1.64. The van der Waals surface area contributed by atoms with E-state index in [2.05, 4.69) is 17.2 Å². The van der Waals surface area contributed by atoms with Gasteiger partial charge in [-0.15, -0.1) is 0 Å². The summed E-state index contributed by atoms with van der Waals surface area (Å²) in [4.78, 5) is 13.5. The second-order valence-corrected chi connectivity index (χ2v) is 3.91. The molecule has 16 heavy (non-hydrogen) atoms. The van der Waals surface area contributed by atoms with Crippen molar-refractivity contribution < 1.29 is 9.53 Å². The highest BCUT2D eigenvalue weighted by Crippen LogP contribution is 2.07. The maximum atomic E-state index is 11.7. The molecule has 1 saturated heterocycles. The molecule has 1 N–H and O–H groups in total. The molecule has 1 fully saturated rings. The van der Waals surface area contributed by atoms with Crippen molar-refractivity contribution in [1.82, 2.24) is 10.2 Å². The van der Waals surface area contributed by atoms with E-state index < -0.39 is 0 Å². The van der Waals surface area contributed by atoms with Gasteiger partial charge in [-0.3, -0.25) is 4.79 Å². The number of hydrogen-bond donors (Lipinski definition) is 1. The van der Waals surface area contributed by atoms with E-state index in [1.807, 2.05) is 0 Å². The maximum Gasteiger partial charge on any atom is 0.298 e. The van der Waals surface area contributed by atoms with E-state index in [1.165, 1.54) is 6.42 Å². The maximum absolute atomic E-state index is 11.7. The van der Waals surface area contributed by atoms with Gasteiger partial charge in [0.1, 0.15) is 0 Å². The number of nitrogens with zero attached hydrogens (tertiary/aromatic N) is 1. The summed E-state index contributed by atoms with van der Waals surface area (Å²) in [5.41, 5.74) is 0. The van der Waals surface area contributed by atoms with Crippen LogP contribution in [0.2, 0.25) is 0 Å². The first-order valence-electron chi connectivity index (χ1n) is 5.72. The largest absolute Gasteiger partial charge is 0.383 e. The first-order chi connectivity index (χ1) is 7.77. The Hall–Kier alpha value is -1.05. The number of hydrogen-bond acceptors (Lipinski definition) is 3. The zero-order chi connectivity index (χ0) is 11.8. The van der Waals surface area contributed by atoms with Gasteiger partial charge in [-0.05, 0) is 32.2 Å². The number of carbonyl (C=O) groups is 1. The van der Waals surface area contributed by atoms with E-state index in [0.717, 1.165) is 19.5 Å². The number of amides is 1. The Balaban J connectivity index is 2.46. The molecule has 90 valence electrons. The lowest BCUT2D eigenvalue weighted by Gasteiger charge is -2.23. The molecular weight excluding hydrogens is 204 g/mol. The predicted octanol–water partition coefficient (Wildman–Crippen LogP) is 0.237. The topological polar surface area (TPSA) is 41.6 Å². The summed E-state index contributed by atoms with van der Waals surface area (Å²) in [6, 6.07) is 0.416. The number of methoxy groups -OCH3 is 1. The van der Waals surface area contributed by atoms with Gasteiger partial charge in [0.25, 0.3) is 5.91 Å². The summed E-state index contributed by atoms with van der Waals surface area (Å²) in [5, 5.41) is 3.38. The minimum Gasteiger partial charge on any atom is -0.383 e. The second-order valence-electron chi connectivity index (χ2n) is 3.91. The van der Waals surface area contributed by atoms with Crippen LogP contribution in [0.15, 0.2) is 0 Å². The number of carbonyl (C=O) groups excluding carboxylic acids is 1. The van der Waals surface area contributed by atoms with Crippen molar-refractivity contribution in [1.29, 1.82) is 0 Å². The molecule has 1 atom stereocenters. The minimum atomic E-state index is -0.103. The van der Waals surface area contributed by atoms with Gasteiger partial charge in [-0.1, -0.05) is 5.92 Å². The molecule has 1 heterocycles. The third-order valence-electron chi connectivity index (χ3n) is 2.69. The molecule has 1 aliphatic heterocycles. The van der Waals surface area contributed by atoms with E-state index in [9.17, 15) is 4.79 Å². The van der Waals surface area contributed by atoms with E-state index >= 15 is 0 Å².